The van der Waals surface area contributed by atoms with E-state index in [0.717, 1.165) is 83.5 Å². The molecule has 0 aromatic rings. The number of aliphatic carboxylic acids is 1. The lowest BCUT2D eigenvalue weighted by Gasteiger charge is -2.40. The molecule has 430 valence electrons. The van der Waals surface area contributed by atoms with E-state index in [1.807, 2.05) is 12.2 Å². The van der Waals surface area contributed by atoms with Crippen LogP contribution in [0, 0.1) is 0 Å². The predicted octanol–water partition coefficient (Wildman–Crippen LogP) is 15.3. The van der Waals surface area contributed by atoms with Crippen molar-refractivity contribution >= 4 is 23.9 Å². The van der Waals surface area contributed by atoms with Gasteiger partial charge in [0.05, 0.1) is 13.0 Å². The number of hydrogen-bond acceptors (Lipinski definition) is 11. The van der Waals surface area contributed by atoms with E-state index in [0.29, 0.717) is 19.3 Å². The lowest BCUT2D eigenvalue weighted by Crippen LogP contribution is -2.61. The van der Waals surface area contributed by atoms with Crippen molar-refractivity contribution in [3.8, 4) is 0 Å². The molecule has 1 heterocycles. The van der Waals surface area contributed by atoms with Crippen LogP contribution < -0.4 is 0 Å². The molecule has 1 aliphatic heterocycles. The summed E-state index contributed by atoms with van der Waals surface area (Å²) in [6.45, 7) is 5.76. The van der Waals surface area contributed by atoms with Crippen LogP contribution in [0.2, 0.25) is 0 Å². The summed E-state index contributed by atoms with van der Waals surface area (Å²) in [5.74, 6) is -3.29. The standard InChI is InChI=1S/C63H106O12/c1-4-7-10-13-16-19-22-24-26-27-28-29-31-32-35-37-40-43-46-49-55(64)71-52-54(73-56(65)50-47-44-41-39-36-33-30-25-23-20-17-14-11-8-5-2)53-72-63-61(59(68)58(67)60(75-63)62(69)70)74-57(66)51-48-45-42-38-34-21-18-15-12-9-6-3/h8,11,15,17-18,20,25,30,36,39,44,47,54,58-61,63,67-68H,4-7,9-10,12-14,16,19,21-24,26-29,31-35,37-38,40-43,45-46,48-53H2,1-3H3,(H,69,70)/b11-8-,18-15-,20-17-,30-25-,39-36-,47-44-. The lowest BCUT2D eigenvalue weighted by atomic mass is 9.98. The Morgan fingerprint density at radius 2 is 0.893 bits per heavy atom. The van der Waals surface area contributed by atoms with E-state index in [9.17, 15) is 34.5 Å². The zero-order valence-corrected chi connectivity index (χ0v) is 47.3. The maximum absolute atomic E-state index is 13.1. The summed E-state index contributed by atoms with van der Waals surface area (Å²) >= 11 is 0. The number of aliphatic hydroxyl groups is 2. The number of unbranched alkanes of at least 4 members (excludes halogenated alkanes) is 25. The molecule has 3 N–H and O–H groups in total. The number of allylic oxidation sites excluding steroid dienone is 11. The number of ether oxygens (including phenoxy) is 5. The van der Waals surface area contributed by atoms with E-state index in [4.69, 9.17) is 23.7 Å². The molecule has 0 spiro atoms. The molecule has 0 radical (unpaired) electrons. The second-order valence-electron chi connectivity index (χ2n) is 20.3. The largest absolute Gasteiger partial charge is 0.479 e. The maximum atomic E-state index is 13.1. The Balaban J connectivity index is 2.71. The van der Waals surface area contributed by atoms with Gasteiger partial charge in [0.25, 0.3) is 0 Å². The molecule has 6 atom stereocenters. The van der Waals surface area contributed by atoms with Gasteiger partial charge in [-0.3, -0.25) is 14.4 Å². The van der Waals surface area contributed by atoms with Gasteiger partial charge in [-0.2, -0.15) is 0 Å². The van der Waals surface area contributed by atoms with Gasteiger partial charge >= 0.3 is 23.9 Å². The number of carbonyl (C=O) groups excluding carboxylic acids is 3. The van der Waals surface area contributed by atoms with Gasteiger partial charge in [0.2, 0.25) is 0 Å². The van der Waals surface area contributed by atoms with Crippen molar-refractivity contribution in [3.05, 3.63) is 72.9 Å². The van der Waals surface area contributed by atoms with Crippen LogP contribution in [0.5, 0.6) is 0 Å². The fraction of sp³-hybridized carbons (Fsp3) is 0.746. The molecule has 1 aliphatic rings. The summed E-state index contributed by atoms with van der Waals surface area (Å²) in [6, 6.07) is 0. The van der Waals surface area contributed by atoms with Crippen molar-refractivity contribution in [2.24, 2.45) is 0 Å². The number of esters is 3. The molecule has 1 saturated heterocycles. The second-order valence-corrected chi connectivity index (χ2v) is 20.3. The third-order valence-electron chi connectivity index (χ3n) is 13.3. The van der Waals surface area contributed by atoms with E-state index in [-0.39, 0.29) is 25.9 Å². The zero-order chi connectivity index (χ0) is 54.7. The average molecular weight is 1060 g/mol. The van der Waals surface area contributed by atoms with E-state index in [1.165, 1.54) is 109 Å². The first kappa shape index (κ1) is 69.2. The zero-order valence-electron chi connectivity index (χ0n) is 47.3. The third kappa shape index (κ3) is 41.0. The summed E-state index contributed by atoms with van der Waals surface area (Å²) in [5, 5.41) is 31.4. The van der Waals surface area contributed by atoms with E-state index >= 15 is 0 Å². The molecule has 1 rings (SSSR count). The molecule has 6 unspecified atom stereocenters. The Hall–Kier alpha value is -3.84. The van der Waals surface area contributed by atoms with Gasteiger partial charge in [-0.25, -0.2) is 4.79 Å². The van der Waals surface area contributed by atoms with Gasteiger partial charge in [0.15, 0.2) is 24.6 Å². The Labute approximate surface area is 455 Å². The normalized spacial score (nSPS) is 18.7. The summed E-state index contributed by atoms with van der Waals surface area (Å²) in [6.07, 6.45) is 52.0. The van der Waals surface area contributed by atoms with Crippen LogP contribution in [0.15, 0.2) is 72.9 Å². The Morgan fingerprint density at radius 1 is 0.467 bits per heavy atom. The second kappa shape index (κ2) is 50.9. The summed E-state index contributed by atoms with van der Waals surface area (Å²) < 4.78 is 28.3. The molecule has 0 amide bonds. The molecule has 12 nitrogen and oxygen atoms in total. The summed E-state index contributed by atoms with van der Waals surface area (Å²) in [4.78, 5) is 51.0. The van der Waals surface area contributed by atoms with Crippen molar-refractivity contribution in [1.82, 2.24) is 0 Å². The Kier molecular flexibility index (Phi) is 47.0. The average Bonchev–Trinajstić information content (AvgIpc) is 3.39. The highest BCUT2D eigenvalue weighted by atomic mass is 16.7. The number of hydrogen-bond donors (Lipinski definition) is 3. The first-order valence-electron chi connectivity index (χ1n) is 29.9. The molecule has 0 saturated carbocycles. The highest BCUT2D eigenvalue weighted by Crippen LogP contribution is 2.26. The Morgan fingerprint density at radius 3 is 1.37 bits per heavy atom. The van der Waals surface area contributed by atoms with Crippen LogP contribution in [-0.4, -0.2) is 89.2 Å². The van der Waals surface area contributed by atoms with Crippen molar-refractivity contribution in [2.75, 3.05) is 13.2 Å². The smallest absolute Gasteiger partial charge is 0.335 e. The molecule has 0 aliphatic carbocycles. The quantitative estimate of drug-likeness (QED) is 0.0228. The first-order chi connectivity index (χ1) is 36.6. The number of aliphatic hydroxyl groups excluding tert-OH is 2. The van der Waals surface area contributed by atoms with E-state index < -0.39 is 67.3 Å². The summed E-state index contributed by atoms with van der Waals surface area (Å²) in [7, 11) is 0. The number of carbonyl (C=O) groups is 4. The maximum Gasteiger partial charge on any atom is 0.335 e. The minimum Gasteiger partial charge on any atom is -0.479 e. The van der Waals surface area contributed by atoms with Gasteiger partial charge < -0.3 is 39.0 Å². The fourth-order valence-corrected chi connectivity index (χ4v) is 8.72. The van der Waals surface area contributed by atoms with Gasteiger partial charge in [0, 0.05) is 12.8 Å². The van der Waals surface area contributed by atoms with Crippen LogP contribution in [0.1, 0.15) is 252 Å². The topological polar surface area (TPSA) is 175 Å². The highest BCUT2D eigenvalue weighted by molar-refractivity contribution is 5.74. The van der Waals surface area contributed by atoms with Crippen molar-refractivity contribution in [3.63, 3.8) is 0 Å². The molecular formula is C63H106O12. The minimum atomic E-state index is -1.92. The minimum absolute atomic E-state index is 0.0385. The number of rotatable bonds is 50. The van der Waals surface area contributed by atoms with Crippen LogP contribution >= 0.6 is 0 Å². The lowest BCUT2D eigenvalue weighted by molar-refractivity contribution is -0.301. The summed E-state index contributed by atoms with van der Waals surface area (Å²) in [5.41, 5.74) is 0. The molecule has 12 heteroatoms. The number of carboxylic acids is 1. The SMILES string of the molecule is CC/C=C\C/C=C\C/C=C\C/C=C\C/C=C\CC(=O)OC(COC(=O)CCCCCCCCCCCCCCCCCCCCC)COC1OC(C(=O)O)C(O)C(O)C1OC(=O)CCCCCCC/C=C\CCCC. The van der Waals surface area contributed by atoms with Gasteiger partial charge in [-0.05, 0) is 64.2 Å². The van der Waals surface area contributed by atoms with Crippen LogP contribution in [0.3, 0.4) is 0 Å². The molecular weight excluding hydrogens is 949 g/mol. The molecule has 75 heavy (non-hydrogen) atoms. The van der Waals surface area contributed by atoms with Crippen molar-refractivity contribution < 1.29 is 58.2 Å². The molecule has 0 bridgehead atoms. The van der Waals surface area contributed by atoms with Crippen LogP contribution in [0.25, 0.3) is 0 Å². The van der Waals surface area contributed by atoms with Gasteiger partial charge in [-0.15, -0.1) is 0 Å². The molecule has 0 aromatic heterocycles. The molecule has 0 aromatic carbocycles. The van der Waals surface area contributed by atoms with Crippen LogP contribution in [0.4, 0.5) is 0 Å². The van der Waals surface area contributed by atoms with Crippen LogP contribution in [-0.2, 0) is 42.9 Å². The fourth-order valence-electron chi connectivity index (χ4n) is 8.72. The van der Waals surface area contributed by atoms with E-state index in [1.54, 1.807) is 6.08 Å². The van der Waals surface area contributed by atoms with Crippen molar-refractivity contribution in [2.45, 2.75) is 289 Å². The van der Waals surface area contributed by atoms with Gasteiger partial charge in [0.1, 0.15) is 18.8 Å². The Bertz CT molecular complexity index is 1580. The monoisotopic (exact) mass is 1050 g/mol. The van der Waals surface area contributed by atoms with E-state index in [2.05, 4.69) is 75.5 Å². The predicted molar refractivity (Wildman–Crippen MR) is 303 cm³/mol. The van der Waals surface area contributed by atoms with Crippen molar-refractivity contribution in [1.29, 1.82) is 0 Å². The molecule has 1 fully saturated rings. The number of carboxylic acid groups (broad SMARTS) is 1. The highest BCUT2D eigenvalue weighted by Gasteiger charge is 2.50. The van der Waals surface area contributed by atoms with Gasteiger partial charge in [-0.1, -0.05) is 241 Å². The first-order valence-corrected chi connectivity index (χ1v) is 29.9. The third-order valence-corrected chi connectivity index (χ3v) is 13.3.